The Balaban J connectivity index is 7.90. The first kappa shape index (κ1) is 37.6. The van der Waals surface area contributed by atoms with Crippen LogP contribution in [0.25, 0.3) is 0 Å². The van der Waals surface area contributed by atoms with Crippen LogP contribution in [0.3, 0.4) is 0 Å². The van der Waals surface area contributed by atoms with E-state index < -0.39 is 77.1 Å². The second-order valence-corrected chi connectivity index (χ2v) is 7.36. The first-order valence-electron chi connectivity index (χ1n) is 8.56. The maximum Gasteiger partial charge on any atom is 0.460 e. The summed E-state index contributed by atoms with van der Waals surface area (Å²) in [7, 11) is 0. The minimum Gasteiger partial charge on any atom is -0.413 e. The van der Waals surface area contributed by atoms with Crippen molar-refractivity contribution in [2.24, 2.45) is 0 Å². The average Bonchev–Trinajstić information content (AvgIpc) is 2.69. The number of esters is 1. The molecule has 0 aromatic carbocycles. The average molecular weight is 654 g/mol. The van der Waals surface area contributed by atoms with Crippen molar-refractivity contribution in [1.82, 2.24) is 0 Å². The molecule has 0 aliphatic rings. The predicted molar refractivity (Wildman–Crippen MR) is 76.4 cm³/mol. The van der Waals surface area contributed by atoms with E-state index >= 15 is 0 Å². The largest absolute Gasteiger partial charge is 0.460 e. The fourth-order valence-electron chi connectivity index (χ4n) is 2.25. The van der Waals surface area contributed by atoms with Gasteiger partial charge in [0.1, 0.15) is 0 Å². The second-order valence-electron chi connectivity index (χ2n) is 7.36. The van der Waals surface area contributed by atoms with Gasteiger partial charge in [-0.1, -0.05) is 6.58 Å². The highest BCUT2D eigenvalue weighted by molar-refractivity contribution is 5.87. The van der Waals surface area contributed by atoms with E-state index in [2.05, 4.69) is 6.58 Å². The van der Waals surface area contributed by atoms with Crippen LogP contribution in [0.15, 0.2) is 12.2 Å². The monoisotopic (exact) mass is 654 g/mol. The van der Waals surface area contributed by atoms with Crippen LogP contribution in [0.5, 0.6) is 0 Å². The Morgan fingerprint density at radius 3 is 0.975 bits per heavy atom. The number of ether oxygens (including phenoxy) is 1. The summed E-state index contributed by atoms with van der Waals surface area (Å²) in [4.78, 5) is 11.1. The maximum atomic E-state index is 14.6. The Kier molecular flexibility index (Phi) is 8.75. The first-order chi connectivity index (χ1) is 16.8. The van der Waals surface area contributed by atoms with Crippen LogP contribution in [0.4, 0.5) is 101 Å². The minimum absolute atomic E-state index is 0.0635. The Bertz CT molecular complexity index is 968. The van der Waals surface area contributed by atoms with Crippen LogP contribution in [0, 0.1) is 0 Å². The molecular formula is C15H5F23O2. The van der Waals surface area contributed by atoms with Crippen molar-refractivity contribution in [2.75, 3.05) is 0 Å². The van der Waals surface area contributed by atoms with Gasteiger partial charge in [0.15, 0.2) is 0 Å². The lowest BCUT2D eigenvalue weighted by atomic mass is 9.82. The maximum absolute atomic E-state index is 14.6. The Hall–Kier alpha value is -2.40. The molecule has 0 bridgehead atoms. The van der Waals surface area contributed by atoms with Gasteiger partial charge < -0.3 is 4.74 Å². The summed E-state index contributed by atoms with van der Waals surface area (Å²) in [5.41, 5.74) is -11.0. The van der Waals surface area contributed by atoms with Crippen molar-refractivity contribution in [3.63, 3.8) is 0 Å². The summed E-state index contributed by atoms with van der Waals surface area (Å²) < 4.78 is 307. The lowest BCUT2D eigenvalue weighted by Gasteiger charge is -2.47. The topological polar surface area (TPSA) is 26.3 Å². The van der Waals surface area contributed by atoms with Gasteiger partial charge in [0, 0.05) is 5.57 Å². The lowest BCUT2D eigenvalue weighted by Crippen LogP contribution is -2.80. The third-order valence-corrected chi connectivity index (χ3v) is 4.54. The van der Waals surface area contributed by atoms with Gasteiger partial charge in [-0.3, -0.25) is 0 Å². The van der Waals surface area contributed by atoms with Gasteiger partial charge >= 0.3 is 71.6 Å². The summed E-state index contributed by atoms with van der Waals surface area (Å²) in [5.74, 6) is -67.4. The normalized spacial score (nSPS) is 17.4. The molecule has 25 heteroatoms. The van der Waals surface area contributed by atoms with E-state index in [1.807, 2.05) is 4.74 Å². The number of alkyl halides is 23. The number of halogens is 23. The minimum atomic E-state index is -9.51. The van der Waals surface area contributed by atoms with Crippen LogP contribution in [0.2, 0.25) is 0 Å². The molecule has 0 aliphatic heterocycles. The third kappa shape index (κ3) is 4.57. The standard InChI is InChI=1S/C15H5F23O2/c1-3(2)4(39)40-12(29,10(25,26)11(27,28)15(36,37)38)9(23,24)8(21,22)7(19,20)6(17,18)5(16,13(30,31)32)14(33,34)35/h1H2,2H3. The molecule has 0 saturated carbocycles. The smallest absolute Gasteiger partial charge is 0.413 e. The zero-order chi connectivity index (χ0) is 33.4. The molecule has 0 fully saturated rings. The Morgan fingerprint density at radius 1 is 0.450 bits per heavy atom. The van der Waals surface area contributed by atoms with Crippen molar-refractivity contribution < 1.29 is 111 Å². The molecule has 0 aromatic rings. The highest BCUT2D eigenvalue weighted by Crippen LogP contribution is 2.67. The van der Waals surface area contributed by atoms with Crippen molar-refractivity contribution in [3.05, 3.63) is 12.2 Å². The van der Waals surface area contributed by atoms with Gasteiger partial charge in [0.2, 0.25) is 0 Å². The molecule has 238 valence electrons. The van der Waals surface area contributed by atoms with Crippen LogP contribution in [-0.4, -0.2) is 71.6 Å². The van der Waals surface area contributed by atoms with E-state index in [0.29, 0.717) is 0 Å². The van der Waals surface area contributed by atoms with Gasteiger partial charge in [-0.2, -0.15) is 96.6 Å². The third-order valence-electron chi connectivity index (χ3n) is 4.54. The van der Waals surface area contributed by atoms with Crippen LogP contribution >= 0.6 is 0 Å². The van der Waals surface area contributed by atoms with Crippen LogP contribution < -0.4 is 0 Å². The molecule has 0 saturated heterocycles. The van der Waals surface area contributed by atoms with Crippen molar-refractivity contribution >= 4 is 5.97 Å². The molecule has 0 aliphatic carbocycles. The van der Waals surface area contributed by atoms with Gasteiger partial charge in [0.25, 0.3) is 0 Å². The van der Waals surface area contributed by atoms with Crippen LogP contribution in [0.1, 0.15) is 6.92 Å². The summed E-state index contributed by atoms with van der Waals surface area (Å²) in [6, 6.07) is 0. The van der Waals surface area contributed by atoms with Crippen molar-refractivity contribution in [3.8, 4) is 0 Å². The second kappa shape index (κ2) is 9.31. The number of carbonyl (C=O) groups excluding carboxylic acids is 1. The van der Waals surface area contributed by atoms with E-state index in [-0.39, 0.29) is 6.92 Å². The molecule has 0 spiro atoms. The highest BCUT2D eigenvalue weighted by Gasteiger charge is 3.00. The molecule has 0 radical (unpaired) electrons. The Morgan fingerprint density at radius 2 is 0.725 bits per heavy atom. The molecule has 0 rings (SSSR count). The molecule has 0 amide bonds. The van der Waals surface area contributed by atoms with Crippen molar-refractivity contribution in [1.29, 1.82) is 0 Å². The fraction of sp³-hybridized carbons (Fsp3) is 0.800. The summed E-state index contributed by atoms with van der Waals surface area (Å²) >= 11 is 0. The summed E-state index contributed by atoms with van der Waals surface area (Å²) in [6.45, 7) is 2.09. The summed E-state index contributed by atoms with van der Waals surface area (Å²) in [5, 5.41) is 0. The summed E-state index contributed by atoms with van der Waals surface area (Å²) in [6.07, 6.45) is -25.2. The molecule has 1 unspecified atom stereocenters. The molecule has 1 atom stereocenters. The van der Waals surface area contributed by atoms with Crippen LogP contribution in [-0.2, 0) is 9.53 Å². The van der Waals surface area contributed by atoms with Gasteiger partial charge in [-0.05, 0) is 6.92 Å². The number of rotatable bonds is 9. The predicted octanol–water partition coefficient (Wildman–Crippen LogP) is 7.98. The highest BCUT2D eigenvalue weighted by atomic mass is 19.4. The van der Waals surface area contributed by atoms with E-state index in [1.54, 1.807) is 0 Å². The molecule has 2 nitrogen and oxygen atoms in total. The quantitative estimate of drug-likeness (QED) is 0.143. The van der Waals surface area contributed by atoms with E-state index in [1.165, 1.54) is 0 Å². The number of hydrogen-bond donors (Lipinski definition) is 0. The number of hydrogen-bond acceptors (Lipinski definition) is 2. The van der Waals surface area contributed by atoms with Crippen molar-refractivity contribution in [2.45, 2.75) is 72.5 Å². The van der Waals surface area contributed by atoms with E-state index in [0.717, 1.165) is 0 Å². The van der Waals surface area contributed by atoms with E-state index in [4.69, 9.17) is 0 Å². The van der Waals surface area contributed by atoms with Gasteiger partial charge in [0.05, 0.1) is 0 Å². The number of carbonyl (C=O) groups is 1. The molecule has 0 N–H and O–H groups in total. The Labute approximate surface area is 202 Å². The zero-order valence-corrected chi connectivity index (χ0v) is 17.7. The van der Waals surface area contributed by atoms with Gasteiger partial charge in [-0.15, -0.1) is 0 Å². The molecule has 40 heavy (non-hydrogen) atoms. The molecular weight excluding hydrogens is 649 g/mol. The molecule has 0 aromatic heterocycles. The fourth-order valence-corrected chi connectivity index (χ4v) is 2.25. The van der Waals surface area contributed by atoms with E-state index in [9.17, 15) is 106 Å². The molecule has 0 heterocycles. The first-order valence-corrected chi connectivity index (χ1v) is 8.56. The van der Waals surface area contributed by atoms with Gasteiger partial charge in [-0.25, -0.2) is 9.18 Å². The SMILES string of the molecule is C=C(C)C(=O)OC(F)(C(F)(F)C(F)(F)C(F)(F)F)C(F)(F)C(F)(F)C(F)(F)C(F)(F)C(F)(C(F)(F)F)C(F)(F)F. The zero-order valence-electron chi connectivity index (χ0n) is 17.7. The lowest BCUT2D eigenvalue weighted by molar-refractivity contribution is -0.492.